The van der Waals surface area contributed by atoms with E-state index >= 15 is 0 Å². The lowest BCUT2D eigenvalue weighted by molar-refractivity contribution is 0.358. The van der Waals surface area contributed by atoms with Gasteiger partial charge in [0.25, 0.3) is 0 Å². The molecule has 0 amide bonds. The van der Waals surface area contributed by atoms with Crippen LogP contribution in [0.2, 0.25) is 0 Å². The van der Waals surface area contributed by atoms with Crippen molar-refractivity contribution >= 4 is 5.69 Å². The monoisotopic (exact) mass is 300 g/mol. The van der Waals surface area contributed by atoms with Gasteiger partial charge in [-0.15, -0.1) is 0 Å². The minimum atomic E-state index is -0.498. The third-order valence-electron chi connectivity index (χ3n) is 3.92. The van der Waals surface area contributed by atoms with E-state index in [2.05, 4.69) is 10.1 Å². The number of nitrogens with zero attached hydrogens (tertiary/aromatic N) is 4. The van der Waals surface area contributed by atoms with Crippen molar-refractivity contribution in [3.63, 3.8) is 0 Å². The largest absolute Gasteiger partial charge is 0.360 e. The first-order chi connectivity index (χ1) is 10.6. The molecule has 0 bridgehead atoms. The Kier molecular flexibility index (Phi) is 3.80. The summed E-state index contributed by atoms with van der Waals surface area (Å²) in [7, 11) is 0. The van der Waals surface area contributed by atoms with Gasteiger partial charge in [0, 0.05) is 12.5 Å². The van der Waals surface area contributed by atoms with Crippen LogP contribution in [0.25, 0.3) is 0 Å². The molecule has 1 aliphatic heterocycles. The molecule has 0 aliphatic carbocycles. The molecule has 1 aromatic heterocycles. The van der Waals surface area contributed by atoms with Crippen molar-refractivity contribution in [1.82, 2.24) is 10.1 Å². The summed E-state index contributed by atoms with van der Waals surface area (Å²) in [6.07, 6.45) is 1.80. The molecule has 5 nitrogen and oxygen atoms in total. The van der Waals surface area contributed by atoms with Crippen molar-refractivity contribution in [1.29, 1.82) is 5.26 Å². The fourth-order valence-corrected chi connectivity index (χ4v) is 2.80. The second-order valence-electron chi connectivity index (χ2n) is 5.74. The van der Waals surface area contributed by atoms with Gasteiger partial charge in [0.2, 0.25) is 5.89 Å². The molecular formula is C16H17FN4O. The SMILES string of the molecule is CC(C)c1nc([C@H]2CCCN2c2cccc(F)c2C#N)no1. The first-order valence-electron chi connectivity index (χ1n) is 7.40. The van der Waals surface area contributed by atoms with E-state index in [4.69, 9.17) is 4.52 Å². The Morgan fingerprint density at radius 3 is 2.95 bits per heavy atom. The molecule has 0 N–H and O–H groups in total. The van der Waals surface area contributed by atoms with Gasteiger partial charge in [-0.3, -0.25) is 0 Å². The Morgan fingerprint density at radius 2 is 2.27 bits per heavy atom. The number of aromatic nitrogens is 2. The third kappa shape index (κ3) is 2.43. The number of nitriles is 1. The lowest BCUT2D eigenvalue weighted by Gasteiger charge is -2.25. The molecule has 1 aromatic carbocycles. The second kappa shape index (κ2) is 5.76. The zero-order valence-electron chi connectivity index (χ0n) is 12.6. The van der Waals surface area contributed by atoms with E-state index in [0.717, 1.165) is 19.4 Å². The average molecular weight is 300 g/mol. The Labute approximate surface area is 128 Å². The molecule has 1 fully saturated rings. The third-order valence-corrected chi connectivity index (χ3v) is 3.92. The van der Waals surface area contributed by atoms with Gasteiger partial charge in [-0.2, -0.15) is 10.2 Å². The van der Waals surface area contributed by atoms with Crippen molar-refractivity contribution in [2.75, 3.05) is 11.4 Å². The Hall–Kier alpha value is -2.42. The van der Waals surface area contributed by atoms with E-state index in [1.54, 1.807) is 12.1 Å². The Morgan fingerprint density at radius 1 is 1.45 bits per heavy atom. The van der Waals surface area contributed by atoms with Crippen LogP contribution in [-0.2, 0) is 0 Å². The van der Waals surface area contributed by atoms with Crippen molar-refractivity contribution in [2.24, 2.45) is 0 Å². The summed E-state index contributed by atoms with van der Waals surface area (Å²) >= 11 is 0. The van der Waals surface area contributed by atoms with E-state index in [9.17, 15) is 9.65 Å². The molecule has 0 unspecified atom stereocenters. The summed E-state index contributed by atoms with van der Waals surface area (Å²) in [5.41, 5.74) is 0.669. The van der Waals surface area contributed by atoms with Crippen molar-refractivity contribution < 1.29 is 8.91 Å². The molecule has 3 rings (SSSR count). The van der Waals surface area contributed by atoms with Gasteiger partial charge in [0.15, 0.2) is 5.82 Å². The molecule has 6 heteroatoms. The highest BCUT2D eigenvalue weighted by Crippen LogP contribution is 2.37. The molecule has 1 saturated heterocycles. The molecule has 0 spiro atoms. The first-order valence-corrected chi connectivity index (χ1v) is 7.40. The van der Waals surface area contributed by atoms with Gasteiger partial charge < -0.3 is 9.42 Å². The summed E-state index contributed by atoms with van der Waals surface area (Å²) in [6.45, 7) is 4.72. The van der Waals surface area contributed by atoms with Crippen LogP contribution < -0.4 is 4.90 Å². The van der Waals surface area contributed by atoms with Crippen molar-refractivity contribution in [3.05, 3.63) is 41.3 Å². The standard InChI is InChI=1S/C16H17FN4O/c1-10(2)16-19-15(20-22-16)14-7-4-8-21(14)13-6-3-5-12(17)11(13)9-18/h3,5-6,10,14H,4,7-8H2,1-2H3/t14-/m1/s1. The number of rotatable bonds is 3. The fraction of sp³-hybridized carbons (Fsp3) is 0.438. The van der Waals surface area contributed by atoms with E-state index in [0.29, 0.717) is 17.4 Å². The molecule has 0 saturated carbocycles. The molecule has 2 heterocycles. The van der Waals surface area contributed by atoms with Gasteiger partial charge in [-0.05, 0) is 25.0 Å². The zero-order chi connectivity index (χ0) is 15.7. The summed E-state index contributed by atoms with van der Waals surface area (Å²) < 4.78 is 19.1. The van der Waals surface area contributed by atoms with E-state index < -0.39 is 5.82 Å². The van der Waals surface area contributed by atoms with Gasteiger partial charge >= 0.3 is 0 Å². The number of halogens is 1. The van der Waals surface area contributed by atoms with Crippen LogP contribution in [0.3, 0.4) is 0 Å². The van der Waals surface area contributed by atoms with Crippen LogP contribution in [0.15, 0.2) is 22.7 Å². The maximum Gasteiger partial charge on any atom is 0.229 e. The van der Waals surface area contributed by atoms with E-state index in [1.165, 1.54) is 6.07 Å². The average Bonchev–Trinajstić information content (AvgIpc) is 3.15. The molecule has 22 heavy (non-hydrogen) atoms. The lowest BCUT2D eigenvalue weighted by atomic mass is 10.1. The van der Waals surface area contributed by atoms with Gasteiger partial charge in [0.1, 0.15) is 17.4 Å². The summed E-state index contributed by atoms with van der Waals surface area (Å²) in [6, 6.07) is 6.57. The highest BCUT2D eigenvalue weighted by atomic mass is 19.1. The minimum absolute atomic E-state index is 0.0713. The van der Waals surface area contributed by atoms with E-state index in [-0.39, 0.29) is 17.5 Å². The first kappa shape index (κ1) is 14.5. The molecule has 1 aliphatic rings. The molecule has 114 valence electrons. The minimum Gasteiger partial charge on any atom is -0.360 e. The number of hydrogen-bond acceptors (Lipinski definition) is 5. The highest BCUT2D eigenvalue weighted by Gasteiger charge is 2.32. The van der Waals surface area contributed by atoms with Crippen molar-refractivity contribution in [3.8, 4) is 6.07 Å². The number of anilines is 1. The summed E-state index contributed by atoms with van der Waals surface area (Å²) in [5.74, 6) is 0.873. The molecule has 1 atom stereocenters. The second-order valence-corrected chi connectivity index (χ2v) is 5.74. The molecule has 2 aromatic rings. The number of benzene rings is 1. The maximum absolute atomic E-state index is 13.8. The quantitative estimate of drug-likeness (QED) is 0.867. The summed E-state index contributed by atoms with van der Waals surface area (Å²) in [5, 5.41) is 13.3. The topological polar surface area (TPSA) is 66.0 Å². The predicted molar refractivity (Wildman–Crippen MR) is 78.8 cm³/mol. The number of hydrogen-bond donors (Lipinski definition) is 0. The smallest absolute Gasteiger partial charge is 0.229 e. The predicted octanol–water partition coefficient (Wildman–Crippen LogP) is 3.55. The lowest BCUT2D eigenvalue weighted by Crippen LogP contribution is -2.24. The normalized spacial score (nSPS) is 18.0. The molecule has 0 radical (unpaired) electrons. The zero-order valence-corrected chi connectivity index (χ0v) is 12.6. The van der Waals surface area contributed by atoms with Gasteiger partial charge in [-0.25, -0.2) is 4.39 Å². The van der Waals surface area contributed by atoms with Crippen LogP contribution >= 0.6 is 0 Å². The summed E-state index contributed by atoms with van der Waals surface area (Å²) in [4.78, 5) is 6.45. The fourth-order valence-electron chi connectivity index (χ4n) is 2.80. The van der Waals surface area contributed by atoms with Crippen LogP contribution in [0, 0.1) is 17.1 Å². The van der Waals surface area contributed by atoms with Crippen LogP contribution in [0.5, 0.6) is 0 Å². The van der Waals surface area contributed by atoms with Crippen LogP contribution in [0.1, 0.15) is 55.9 Å². The Balaban J connectivity index is 1.97. The highest BCUT2D eigenvalue weighted by molar-refractivity contribution is 5.61. The van der Waals surface area contributed by atoms with Crippen LogP contribution in [-0.4, -0.2) is 16.7 Å². The van der Waals surface area contributed by atoms with Crippen LogP contribution in [0.4, 0.5) is 10.1 Å². The van der Waals surface area contributed by atoms with Crippen molar-refractivity contribution in [2.45, 2.75) is 38.6 Å². The van der Waals surface area contributed by atoms with E-state index in [1.807, 2.05) is 24.8 Å². The maximum atomic E-state index is 13.8. The Bertz CT molecular complexity index is 719. The molecular weight excluding hydrogens is 283 g/mol. The van der Waals surface area contributed by atoms with Gasteiger partial charge in [0.05, 0.1) is 11.7 Å². The van der Waals surface area contributed by atoms with Gasteiger partial charge in [-0.1, -0.05) is 25.1 Å².